The van der Waals surface area contributed by atoms with Crippen molar-refractivity contribution in [3.05, 3.63) is 29.6 Å². The van der Waals surface area contributed by atoms with Gasteiger partial charge < -0.3 is 9.84 Å². The molecule has 2 unspecified atom stereocenters. The number of ether oxygens (including phenoxy) is 1. The highest BCUT2D eigenvalue weighted by molar-refractivity contribution is 5.22. The van der Waals surface area contributed by atoms with Crippen molar-refractivity contribution in [2.24, 2.45) is 5.41 Å². The molecule has 1 saturated heterocycles. The topological polar surface area (TPSA) is 66.1 Å². The molecule has 1 fully saturated rings. The zero-order valence-corrected chi connectivity index (χ0v) is 9.89. The second-order valence-corrected chi connectivity index (χ2v) is 4.56. The van der Waals surface area contributed by atoms with Gasteiger partial charge in [0.05, 0.1) is 12.7 Å². The standard InChI is InChI=1S/C13H16N2O2/c1-10-3-4-11(7-15-10)12(16)13(8-14)5-2-6-17-9-13/h3-4,7,12,16H,2,5-6,9H2,1H3. The molecule has 4 heteroatoms. The van der Waals surface area contributed by atoms with Crippen LogP contribution in [0, 0.1) is 23.7 Å². The molecule has 17 heavy (non-hydrogen) atoms. The van der Waals surface area contributed by atoms with Crippen molar-refractivity contribution < 1.29 is 9.84 Å². The van der Waals surface area contributed by atoms with Crippen molar-refractivity contribution >= 4 is 0 Å². The maximum absolute atomic E-state index is 10.3. The Morgan fingerprint density at radius 1 is 1.59 bits per heavy atom. The van der Waals surface area contributed by atoms with Crippen molar-refractivity contribution in [2.75, 3.05) is 13.2 Å². The Labute approximate surface area is 101 Å². The van der Waals surface area contributed by atoms with Crippen LogP contribution in [-0.4, -0.2) is 23.3 Å². The van der Waals surface area contributed by atoms with E-state index in [9.17, 15) is 10.4 Å². The van der Waals surface area contributed by atoms with E-state index in [0.717, 1.165) is 12.1 Å². The van der Waals surface area contributed by atoms with Crippen LogP contribution in [0.5, 0.6) is 0 Å². The Morgan fingerprint density at radius 3 is 2.94 bits per heavy atom. The van der Waals surface area contributed by atoms with Crippen molar-refractivity contribution in [2.45, 2.75) is 25.9 Å². The second kappa shape index (κ2) is 4.82. The zero-order chi connectivity index (χ0) is 12.3. The molecule has 1 aliphatic heterocycles. The molecule has 0 aromatic carbocycles. The van der Waals surface area contributed by atoms with E-state index in [1.54, 1.807) is 6.20 Å². The molecular weight excluding hydrogens is 216 g/mol. The minimum Gasteiger partial charge on any atom is -0.387 e. The Balaban J connectivity index is 2.25. The number of aliphatic hydroxyl groups excluding tert-OH is 1. The molecule has 1 aliphatic rings. The maximum Gasteiger partial charge on any atom is 0.111 e. The number of nitriles is 1. The normalized spacial score (nSPS) is 26.2. The molecule has 1 aromatic rings. The third-order valence-corrected chi connectivity index (χ3v) is 3.27. The lowest BCUT2D eigenvalue weighted by molar-refractivity contribution is -0.0507. The fourth-order valence-electron chi connectivity index (χ4n) is 2.14. The Kier molecular flexibility index (Phi) is 3.41. The van der Waals surface area contributed by atoms with Gasteiger partial charge in [0.15, 0.2) is 0 Å². The first kappa shape index (κ1) is 12.0. The first-order valence-corrected chi connectivity index (χ1v) is 5.77. The molecule has 0 bridgehead atoms. The number of hydrogen-bond acceptors (Lipinski definition) is 4. The molecule has 2 rings (SSSR count). The van der Waals surface area contributed by atoms with E-state index in [-0.39, 0.29) is 0 Å². The van der Waals surface area contributed by atoms with E-state index in [4.69, 9.17) is 4.74 Å². The first-order valence-electron chi connectivity index (χ1n) is 5.77. The van der Waals surface area contributed by atoms with Crippen LogP contribution in [0.2, 0.25) is 0 Å². The predicted molar refractivity (Wildman–Crippen MR) is 62.0 cm³/mol. The Hall–Kier alpha value is -1.44. The van der Waals surface area contributed by atoms with Crippen LogP contribution in [0.15, 0.2) is 18.3 Å². The van der Waals surface area contributed by atoms with Crippen LogP contribution in [0.1, 0.15) is 30.2 Å². The van der Waals surface area contributed by atoms with Crippen molar-refractivity contribution in [3.8, 4) is 6.07 Å². The fourth-order valence-corrected chi connectivity index (χ4v) is 2.14. The Bertz CT molecular complexity index is 416. The van der Waals surface area contributed by atoms with Crippen LogP contribution in [0.3, 0.4) is 0 Å². The van der Waals surface area contributed by atoms with Crippen LogP contribution in [0.4, 0.5) is 0 Å². The molecule has 1 aromatic heterocycles. The van der Waals surface area contributed by atoms with Crippen LogP contribution in [0.25, 0.3) is 0 Å². The molecule has 2 heterocycles. The third-order valence-electron chi connectivity index (χ3n) is 3.27. The van der Waals surface area contributed by atoms with Crippen LogP contribution in [-0.2, 0) is 4.74 Å². The maximum atomic E-state index is 10.3. The van der Waals surface area contributed by atoms with E-state index in [1.165, 1.54) is 0 Å². The molecule has 0 aliphatic carbocycles. The number of hydrogen-bond donors (Lipinski definition) is 1. The van der Waals surface area contributed by atoms with E-state index in [2.05, 4.69) is 11.1 Å². The summed E-state index contributed by atoms with van der Waals surface area (Å²) in [6.45, 7) is 2.85. The molecule has 0 amide bonds. The molecule has 4 nitrogen and oxygen atoms in total. The van der Waals surface area contributed by atoms with Gasteiger partial charge in [-0.2, -0.15) is 5.26 Å². The second-order valence-electron chi connectivity index (χ2n) is 4.56. The summed E-state index contributed by atoms with van der Waals surface area (Å²) in [6.07, 6.45) is 2.27. The largest absolute Gasteiger partial charge is 0.387 e. The van der Waals surface area contributed by atoms with Gasteiger partial charge in [0.2, 0.25) is 0 Å². The number of aliphatic hydroxyl groups is 1. The number of aromatic nitrogens is 1. The molecule has 2 atom stereocenters. The summed E-state index contributed by atoms with van der Waals surface area (Å²) in [5.74, 6) is 0. The number of aryl methyl sites for hydroxylation is 1. The lowest BCUT2D eigenvalue weighted by Crippen LogP contribution is -2.36. The minimum absolute atomic E-state index is 0.290. The van der Waals surface area contributed by atoms with E-state index < -0.39 is 11.5 Å². The van der Waals surface area contributed by atoms with Gasteiger partial charge >= 0.3 is 0 Å². The SMILES string of the molecule is Cc1ccc(C(O)C2(C#N)CCCOC2)cn1. The molecular formula is C13H16N2O2. The summed E-state index contributed by atoms with van der Waals surface area (Å²) >= 11 is 0. The lowest BCUT2D eigenvalue weighted by atomic mass is 9.76. The summed E-state index contributed by atoms with van der Waals surface area (Å²) in [4.78, 5) is 4.15. The summed E-state index contributed by atoms with van der Waals surface area (Å²) < 4.78 is 5.34. The van der Waals surface area contributed by atoms with Gasteiger partial charge in [0.25, 0.3) is 0 Å². The third kappa shape index (κ3) is 2.31. The zero-order valence-electron chi connectivity index (χ0n) is 9.89. The van der Waals surface area contributed by atoms with Gasteiger partial charge in [-0.25, -0.2) is 0 Å². The monoisotopic (exact) mass is 232 g/mol. The molecule has 0 spiro atoms. The van der Waals surface area contributed by atoms with Gasteiger partial charge in [0, 0.05) is 24.1 Å². The summed E-state index contributed by atoms with van der Waals surface area (Å²) in [5, 5.41) is 19.7. The highest BCUT2D eigenvalue weighted by Gasteiger charge is 2.41. The lowest BCUT2D eigenvalue weighted by Gasteiger charge is -2.34. The van der Waals surface area contributed by atoms with Gasteiger partial charge in [-0.15, -0.1) is 0 Å². The molecule has 1 N–H and O–H groups in total. The van der Waals surface area contributed by atoms with Crippen molar-refractivity contribution in [3.63, 3.8) is 0 Å². The summed E-state index contributed by atoms with van der Waals surface area (Å²) in [5.41, 5.74) is 0.754. The number of nitrogens with zero attached hydrogens (tertiary/aromatic N) is 2. The molecule has 90 valence electrons. The van der Waals surface area contributed by atoms with Crippen LogP contribution < -0.4 is 0 Å². The minimum atomic E-state index is -0.833. The molecule has 0 saturated carbocycles. The van der Waals surface area contributed by atoms with Crippen molar-refractivity contribution in [1.82, 2.24) is 4.98 Å². The highest BCUT2D eigenvalue weighted by Crippen LogP contribution is 2.40. The van der Waals surface area contributed by atoms with E-state index in [1.807, 2.05) is 19.1 Å². The number of pyridine rings is 1. The van der Waals surface area contributed by atoms with Crippen LogP contribution >= 0.6 is 0 Å². The smallest absolute Gasteiger partial charge is 0.111 e. The summed E-state index contributed by atoms with van der Waals surface area (Å²) in [7, 11) is 0. The van der Waals surface area contributed by atoms with Gasteiger partial charge in [0.1, 0.15) is 11.5 Å². The number of rotatable bonds is 2. The first-order chi connectivity index (χ1) is 8.18. The van der Waals surface area contributed by atoms with E-state index >= 15 is 0 Å². The molecule has 0 radical (unpaired) electrons. The van der Waals surface area contributed by atoms with Gasteiger partial charge in [-0.1, -0.05) is 6.07 Å². The van der Waals surface area contributed by atoms with Gasteiger partial charge in [-0.05, 0) is 25.8 Å². The summed E-state index contributed by atoms with van der Waals surface area (Å²) in [6, 6.07) is 5.89. The van der Waals surface area contributed by atoms with Gasteiger partial charge in [-0.3, -0.25) is 4.98 Å². The van der Waals surface area contributed by atoms with Crippen molar-refractivity contribution in [1.29, 1.82) is 5.26 Å². The highest BCUT2D eigenvalue weighted by atomic mass is 16.5. The predicted octanol–water partition coefficient (Wildman–Crippen LogP) is 1.74. The average Bonchev–Trinajstić information content (AvgIpc) is 2.39. The fraction of sp³-hybridized carbons (Fsp3) is 0.538. The average molecular weight is 232 g/mol. The quantitative estimate of drug-likeness (QED) is 0.843. The Morgan fingerprint density at radius 2 is 2.41 bits per heavy atom. The van der Waals surface area contributed by atoms with E-state index in [0.29, 0.717) is 25.2 Å².